The Hall–Kier alpha value is -1.26. The number of ether oxygens (including phenoxy) is 1. The molecule has 0 bridgehead atoms. The molecule has 6 heteroatoms. The molecule has 1 aromatic carbocycles. The maximum absolute atomic E-state index is 12.1. The molecular formula is C15H19Cl2NO3. The smallest absolute Gasteiger partial charge is 0.260 e. The molecule has 0 spiro atoms. The quantitative estimate of drug-likeness (QED) is 0.771. The third-order valence-electron chi connectivity index (χ3n) is 3.16. The molecule has 1 aromatic rings. The Morgan fingerprint density at radius 2 is 1.95 bits per heavy atom. The highest BCUT2D eigenvalue weighted by atomic mass is 35.5. The van der Waals surface area contributed by atoms with Crippen molar-refractivity contribution < 1.29 is 14.3 Å². The van der Waals surface area contributed by atoms with Crippen LogP contribution in [0.3, 0.4) is 0 Å². The lowest BCUT2D eigenvalue weighted by Gasteiger charge is -2.20. The Kier molecular flexibility index (Phi) is 6.99. The average molecular weight is 332 g/mol. The summed E-state index contributed by atoms with van der Waals surface area (Å²) in [4.78, 5) is 23.1. The monoisotopic (exact) mass is 331 g/mol. The summed E-state index contributed by atoms with van der Waals surface area (Å²) in [6.07, 6.45) is 1.52. The summed E-state index contributed by atoms with van der Waals surface area (Å²) in [5.41, 5.74) is 0.217. The van der Waals surface area contributed by atoms with Crippen LogP contribution in [-0.4, -0.2) is 24.3 Å². The number of halogens is 2. The summed E-state index contributed by atoms with van der Waals surface area (Å²) in [5, 5.41) is 3.42. The van der Waals surface area contributed by atoms with Gasteiger partial charge in [0, 0.05) is 11.1 Å². The molecule has 0 aliphatic rings. The van der Waals surface area contributed by atoms with E-state index in [1.54, 1.807) is 6.92 Å². The zero-order chi connectivity index (χ0) is 16.0. The molecule has 0 saturated carbocycles. The number of aldehydes is 1. The Bertz CT molecular complexity index is 516. The number of nitrogens with one attached hydrogen (secondary N) is 1. The van der Waals surface area contributed by atoms with E-state index in [4.69, 9.17) is 27.9 Å². The van der Waals surface area contributed by atoms with Crippen LogP contribution in [0.4, 0.5) is 0 Å². The minimum Gasteiger partial charge on any atom is -0.479 e. The van der Waals surface area contributed by atoms with E-state index in [-0.39, 0.29) is 28.3 Å². The first-order valence-electron chi connectivity index (χ1n) is 6.84. The molecule has 1 unspecified atom stereocenters. The van der Waals surface area contributed by atoms with Crippen LogP contribution >= 0.6 is 23.2 Å². The van der Waals surface area contributed by atoms with Crippen molar-refractivity contribution in [3.63, 3.8) is 0 Å². The van der Waals surface area contributed by atoms with Crippen molar-refractivity contribution in [2.75, 3.05) is 0 Å². The predicted molar refractivity (Wildman–Crippen MR) is 84.5 cm³/mol. The lowest BCUT2D eigenvalue weighted by Crippen LogP contribution is -2.42. The molecule has 0 aromatic heterocycles. The molecule has 1 amide bonds. The SMILES string of the molecule is CCC(CC)NC(=O)C(C)Oc1c(Cl)cc(Cl)cc1C=O. The first-order chi connectivity index (χ1) is 9.92. The van der Waals surface area contributed by atoms with Crippen LogP contribution in [0.1, 0.15) is 44.0 Å². The summed E-state index contributed by atoms with van der Waals surface area (Å²) in [6.45, 7) is 5.61. The standard InChI is InChI=1S/C15H19Cl2NO3/c1-4-12(5-2)18-15(20)9(3)21-14-10(8-19)6-11(16)7-13(14)17/h6-9,12H,4-5H2,1-3H3,(H,18,20). The second kappa shape index (κ2) is 8.25. The first-order valence-corrected chi connectivity index (χ1v) is 7.59. The molecule has 0 radical (unpaired) electrons. The van der Waals surface area contributed by atoms with Gasteiger partial charge >= 0.3 is 0 Å². The van der Waals surface area contributed by atoms with Crippen molar-refractivity contribution in [2.24, 2.45) is 0 Å². The van der Waals surface area contributed by atoms with Crippen LogP contribution < -0.4 is 10.1 Å². The van der Waals surface area contributed by atoms with Gasteiger partial charge in [0.25, 0.3) is 5.91 Å². The van der Waals surface area contributed by atoms with Crippen molar-refractivity contribution in [1.29, 1.82) is 0 Å². The van der Waals surface area contributed by atoms with Gasteiger partial charge in [-0.25, -0.2) is 0 Å². The van der Waals surface area contributed by atoms with Crippen molar-refractivity contribution in [2.45, 2.75) is 45.8 Å². The van der Waals surface area contributed by atoms with Crippen LogP contribution in [0.2, 0.25) is 10.0 Å². The van der Waals surface area contributed by atoms with Crippen LogP contribution in [0.5, 0.6) is 5.75 Å². The minimum absolute atomic E-state index is 0.106. The Morgan fingerprint density at radius 3 is 2.48 bits per heavy atom. The van der Waals surface area contributed by atoms with Gasteiger partial charge in [0.2, 0.25) is 0 Å². The lowest BCUT2D eigenvalue weighted by atomic mass is 10.1. The summed E-state index contributed by atoms with van der Waals surface area (Å²) >= 11 is 11.9. The van der Waals surface area contributed by atoms with E-state index in [2.05, 4.69) is 5.32 Å². The van der Waals surface area contributed by atoms with Crippen LogP contribution in [0, 0.1) is 0 Å². The van der Waals surface area contributed by atoms with Gasteiger partial charge in [0.15, 0.2) is 12.4 Å². The zero-order valence-corrected chi connectivity index (χ0v) is 13.8. The molecule has 1 N–H and O–H groups in total. The third kappa shape index (κ3) is 4.90. The van der Waals surface area contributed by atoms with Crippen molar-refractivity contribution in [1.82, 2.24) is 5.32 Å². The van der Waals surface area contributed by atoms with Crippen LogP contribution in [0.25, 0.3) is 0 Å². The van der Waals surface area contributed by atoms with Gasteiger partial charge in [0.05, 0.1) is 10.6 Å². The van der Waals surface area contributed by atoms with Crippen molar-refractivity contribution in [3.05, 3.63) is 27.7 Å². The van der Waals surface area contributed by atoms with Gasteiger partial charge in [-0.3, -0.25) is 9.59 Å². The summed E-state index contributed by atoms with van der Waals surface area (Å²) in [5.74, 6) is -0.0742. The van der Waals surface area contributed by atoms with E-state index in [9.17, 15) is 9.59 Å². The van der Waals surface area contributed by atoms with Gasteiger partial charge in [-0.05, 0) is 31.9 Å². The van der Waals surface area contributed by atoms with Crippen molar-refractivity contribution in [3.8, 4) is 5.75 Å². The lowest BCUT2D eigenvalue weighted by molar-refractivity contribution is -0.128. The fraction of sp³-hybridized carbons (Fsp3) is 0.467. The highest BCUT2D eigenvalue weighted by Gasteiger charge is 2.20. The van der Waals surface area contributed by atoms with Crippen molar-refractivity contribution >= 4 is 35.4 Å². The number of carbonyl (C=O) groups excluding carboxylic acids is 2. The van der Waals surface area contributed by atoms with Crippen LogP contribution in [0.15, 0.2) is 12.1 Å². The normalized spacial score (nSPS) is 12.1. The number of benzene rings is 1. The molecule has 0 aliphatic heterocycles. The molecular weight excluding hydrogens is 313 g/mol. The van der Waals surface area contributed by atoms with E-state index in [1.807, 2.05) is 13.8 Å². The molecule has 0 fully saturated rings. The molecule has 0 heterocycles. The maximum atomic E-state index is 12.1. The van der Waals surface area contributed by atoms with Gasteiger partial charge in [-0.15, -0.1) is 0 Å². The second-order valence-corrected chi connectivity index (χ2v) is 5.55. The Morgan fingerprint density at radius 1 is 1.33 bits per heavy atom. The Balaban J connectivity index is 2.85. The highest BCUT2D eigenvalue weighted by Crippen LogP contribution is 2.32. The van der Waals surface area contributed by atoms with Gasteiger partial charge in [-0.2, -0.15) is 0 Å². The highest BCUT2D eigenvalue weighted by molar-refractivity contribution is 6.36. The average Bonchev–Trinajstić information content (AvgIpc) is 2.46. The minimum atomic E-state index is -0.761. The zero-order valence-electron chi connectivity index (χ0n) is 12.3. The number of rotatable bonds is 7. The van der Waals surface area contributed by atoms with E-state index in [0.29, 0.717) is 11.3 Å². The number of hydrogen-bond donors (Lipinski definition) is 1. The molecule has 0 aliphatic carbocycles. The molecule has 116 valence electrons. The Labute approximate surface area is 134 Å². The van der Waals surface area contributed by atoms with Gasteiger partial charge < -0.3 is 10.1 Å². The first kappa shape index (κ1) is 17.8. The molecule has 0 saturated heterocycles. The predicted octanol–water partition coefficient (Wildman–Crippen LogP) is 3.88. The maximum Gasteiger partial charge on any atom is 0.260 e. The summed E-state index contributed by atoms with van der Waals surface area (Å²) < 4.78 is 5.54. The van der Waals surface area contributed by atoms with E-state index >= 15 is 0 Å². The molecule has 4 nitrogen and oxygen atoms in total. The van der Waals surface area contributed by atoms with E-state index in [0.717, 1.165) is 12.8 Å². The van der Waals surface area contributed by atoms with E-state index in [1.165, 1.54) is 12.1 Å². The topological polar surface area (TPSA) is 55.4 Å². The molecule has 1 rings (SSSR count). The largest absolute Gasteiger partial charge is 0.479 e. The molecule has 1 atom stereocenters. The molecule has 21 heavy (non-hydrogen) atoms. The van der Waals surface area contributed by atoms with Gasteiger partial charge in [0.1, 0.15) is 5.75 Å². The number of carbonyl (C=O) groups is 2. The fourth-order valence-electron chi connectivity index (χ4n) is 1.83. The van der Waals surface area contributed by atoms with Gasteiger partial charge in [-0.1, -0.05) is 37.0 Å². The third-order valence-corrected chi connectivity index (χ3v) is 3.66. The summed E-state index contributed by atoms with van der Waals surface area (Å²) in [7, 11) is 0. The fourth-order valence-corrected chi connectivity index (χ4v) is 2.39. The number of amides is 1. The number of hydrogen-bond acceptors (Lipinski definition) is 3. The van der Waals surface area contributed by atoms with Crippen LogP contribution in [-0.2, 0) is 4.79 Å². The van der Waals surface area contributed by atoms with E-state index < -0.39 is 6.10 Å². The summed E-state index contributed by atoms with van der Waals surface area (Å²) in [6, 6.07) is 3.02. The second-order valence-electron chi connectivity index (χ2n) is 4.71.